The minimum Gasteiger partial charge on any atom is -0.345 e. The van der Waals surface area contributed by atoms with Crippen LogP contribution in [0.15, 0.2) is 164 Å². The first-order valence-corrected chi connectivity index (χ1v) is 17.2. The number of hydrogen-bond donors (Lipinski definition) is 0. The third-order valence-corrected chi connectivity index (χ3v) is 10.5. The molecule has 0 amide bonds. The average Bonchev–Trinajstić information content (AvgIpc) is 3.36. The van der Waals surface area contributed by atoms with Crippen LogP contribution in [0.3, 0.4) is 0 Å². The fourth-order valence-electron chi connectivity index (χ4n) is 7.99. The van der Waals surface area contributed by atoms with Gasteiger partial charge in [0.25, 0.3) is 0 Å². The monoisotopic (exact) mass is 636 g/mol. The van der Waals surface area contributed by atoms with Gasteiger partial charge in [-0.15, -0.1) is 6.58 Å². The van der Waals surface area contributed by atoms with Crippen molar-refractivity contribution in [2.24, 2.45) is 0 Å². The maximum atomic E-state index is 3.36. The molecule has 242 valence electrons. The van der Waals surface area contributed by atoms with Crippen LogP contribution in [0.25, 0.3) is 22.3 Å². The quantitative estimate of drug-likeness (QED) is 0.177. The summed E-state index contributed by atoms with van der Waals surface area (Å²) in [5.74, 6) is 0. The Kier molecular flexibility index (Phi) is 8.57. The smallest absolute Gasteiger partial charge is 0.0683 e. The first-order valence-electron chi connectivity index (χ1n) is 17.2. The number of anilines is 4. The van der Waals surface area contributed by atoms with Gasteiger partial charge in [0.15, 0.2) is 0 Å². The minimum atomic E-state index is -0.353. The van der Waals surface area contributed by atoms with Crippen molar-refractivity contribution in [2.45, 2.75) is 32.6 Å². The van der Waals surface area contributed by atoms with Crippen LogP contribution in [-0.4, -0.2) is 14.1 Å². The predicted molar refractivity (Wildman–Crippen MR) is 212 cm³/mol. The van der Waals surface area contributed by atoms with Crippen molar-refractivity contribution in [3.05, 3.63) is 192 Å². The zero-order valence-corrected chi connectivity index (χ0v) is 29.2. The number of para-hydroxylation sites is 2. The Bertz CT molecular complexity index is 2180. The summed E-state index contributed by atoms with van der Waals surface area (Å²) in [4.78, 5) is 4.67. The van der Waals surface area contributed by atoms with E-state index in [9.17, 15) is 0 Å². The van der Waals surface area contributed by atoms with E-state index in [-0.39, 0.29) is 5.41 Å². The van der Waals surface area contributed by atoms with E-state index in [2.05, 4.69) is 190 Å². The minimum absolute atomic E-state index is 0.353. The number of benzene rings is 5. The highest BCUT2D eigenvalue weighted by Crippen LogP contribution is 2.62. The number of allylic oxidation sites excluding steroid dienone is 9. The molecule has 0 saturated heterocycles. The molecule has 49 heavy (non-hydrogen) atoms. The van der Waals surface area contributed by atoms with E-state index in [1.54, 1.807) is 6.08 Å². The van der Waals surface area contributed by atoms with Gasteiger partial charge in [0, 0.05) is 42.4 Å². The molecule has 3 aliphatic rings. The SMILES string of the molecule is C=CC.CC1=C(C)C2(c3ccccc31)c1cc(N(C)c3ccccc3)ccc1-c1ccc(N(C)c3ccccc3C3=CC=CC=CC3)cc12. The predicted octanol–water partition coefficient (Wildman–Crippen LogP) is 12.4. The number of hydrogen-bond acceptors (Lipinski definition) is 2. The first kappa shape index (κ1) is 32.0. The lowest BCUT2D eigenvalue weighted by molar-refractivity contribution is 0.765. The normalized spacial score (nSPS) is 16.6. The van der Waals surface area contributed by atoms with Crippen LogP contribution < -0.4 is 9.80 Å². The number of nitrogens with zero attached hydrogens (tertiary/aromatic N) is 2. The van der Waals surface area contributed by atoms with Crippen molar-refractivity contribution in [1.82, 2.24) is 0 Å². The average molecular weight is 637 g/mol. The van der Waals surface area contributed by atoms with Crippen molar-refractivity contribution in [3.8, 4) is 11.1 Å². The zero-order valence-electron chi connectivity index (χ0n) is 29.2. The van der Waals surface area contributed by atoms with Crippen LogP contribution >= 0.6 is 0 Å². The van der Waals surface area contributed by atoms with E-state index in [1.165, 1.54) is 78.4 Å². The molecule has 2 nitrogen and oxygen atoms in total. The maximum absolute atomic E-state index is 3.36. The molecular formula is C47H44N2. The third-order valence-electron chi connectivity index (χ3n) is 10.5. The second-order valence-electron chi connectivity index (χ2n) is 13.1. The first-order chi connectivity index (χ1) is 23.9. The summed E-state index contributed by atoms with van der Waals surface area (Å²) in [7, 11) is 4.38. The molecule has 3 aliphatic carbocycles. The molecule has 1 atom stereocenters. The standard InChI is InChI=1S/C44H38N2.C3H6/c1-30-31(2)44(40-22-14-12-20-36(30)40)41-28-34(45(3)33-18-10-7-11-19-33)24-26-38(41)39-27-25-35(29-42(39)44)46(4)43-23-15-13-21-37(43)32-16-8-5-6-9-17-32;1-3-2/h5-16,18-29H,17H2,1-4H3;3H,1H2,2H3. The Morgan fingerprint density at radius 1 is 0.592 bits per heavy atom. The lowest BCUT2D eigenvalue weighted by Gasteiger charge is -2.33. The van der Waals surface area contributed by atoms with Crippen LogP contribution in [0.2, 0.25) is 0 Å². The lowest BCUT2D eigenvalue weighted by Crippen LogP contribution is -2.27. The van der Waals surface area contributed by atoms with E-state index in [0.717, 1.165) is 6.42 Å². The molecular weight excluding hydrogens is 593 g/mol. The Morgan fingerprint density at radius 2 is 1.18 bits per heavy atom. The topological polar surface area (TPSA) is 6.48 Å². The second kappa shape index (κ2) is 13.1. The summed E-state index contributed by atoms with van der Waals surface area (Å²) in [6, 6.07) is 42.7. The van der Waals surface area contributed by atoms with Crippen LogP contribution in [0, 0.1) is 0 Å². The molecule has 2 heteroatoms. The van der Waals surface area contributed by atoms with E-state index in [0.29, 0.717) is 0 Å². The van der Waals surface area contributed by atoms with Gasteiger partial charge in [-0.2, -0.15) is 0 Å². The summed E-state index contributed by atoms with van der Waals surface area (Å²) in [5, 5.41) is 0. The molecule has 5 aromatic carbocycles. The van der Waals surface area contributed by atoms with E-state index >= 15 is 0 Å². The Balaban J connectivity index is 0.00000122. The fraction of sp³-hybridized carbons (Fsp3) is 0.149. The van der Waals surface area contributed by atoms with Gasteiger partial charge in [0.05, 0.1) is 5.41 Å². The summed E-state index contributed by atoms with van der Waals surface area (Å²) >= 11 is 0. The van der Waals surface area contributed by atoms with E-state index < -0.39 is 0 Å². The van der Waals surface area contributed by atoms with Crippen LogP contribution in [0.4, 0.5) is 22.7 Å². The van der Waals surface area contributed by atoms with Gasteiger partial charge in [0.2, 0.25) is 0 Å². The van der Waals surface area contributed by atoms with Crippen molar-refractivity contribution >= 4 is 33.9 Å². The number of fused-ring (bicyclic) bond motifs is 7. The van der Waals surface area contributed by atoms with Crippen molar-refractivity contribution in [3.63, 3.8) is 0 Å². The van der Waals surface area contributed by atoms with Gasteiger partial charge >= 0.3 is 0 Å². The highest BCUT2D eigenvalue weighted by Gasteiger charge is 2.51. The van der Waals surface area contributed by atoms with Gasteiger partial charge < -0.3 is 9.80 Å². The third kappa shape index (κ3) is 5.20. The molecule has 0 aliphatic heterocycles. The molecule has 1 unspecified atom stereocenters. The Morgan fingerprint density at radius 3 is 1.88 bits per heavy atom. The zero-order chi connectivity index (χ0) is 34.1. The Hall–Kier alpha value is -5.60. The maximum Gasteiger partial charge on any atom is 0.0683 e. The molecule has 1 spiro atoms. The second-order valence-corrected chi connectivity index (χ2v) is 13.1. The molecule has 0 fully saturated rings. The molecule has 0 radical (unpaired) electrons. The Labute approximate surface area is 292 Å². The fourth-order valence-corrected chi connectivity index (χ4v) is 7.99. The highest BCUT2D eigenvalue weighted by molar-refractivity contribution is 5.96. The summed E-state index contributed by atoms with van der Waals surface area (Å²) < 4.78 is 0. The summed E-state index contributed by atoms with van der Waals surface area (Å²) in [5.41, 5.74) is 17.9. The van der Waals surface area contributed by atoms with Gasteiger partial charge in [-0.05, 0) is 114 Å². The van der Waals surface area contributed by atoms with Crippen molar-refractivity contribution in [1.29, 1.82) is 0 Å². The molecule has 8 rings (SSSR count). The molecule has 0 saturated carbocycles. The molecule has 5 aromatic rings. The molecule has 0 heterocycles. The van der Waals surface area contributed by atoms with Gasteiger partial charge in [-0.25, -0.2) is 0 Å². The summed E-state index contributed by atoms with van der Waals surface area (Å²) in [6.45, 7) is 9.91. The molecule has 0 bridgehead atoms. The van der Waals surface area contributed by atoms with Crippen molar-refractivity contribution < 1.29 is 0 Å². The number of rotatable bonds is 5. The largest absolute Gasteiger partial charge is 0.345 e. The van der Waals surface area contributed by atoms with Crippen LogP contribution in [0.1, 0.15) is 55.0 Å². The van der Waals surface area contributed by atoms with Crippen LogP contribution in [0.5, 0.6) is 0 Å². The van der Waals surface area contributed by atoms with E-state index in [4.69, 9.17) is 0 Å². The highest BCUT2D eigenvalue weighted by atomic mass is 15.1. The molecule has 0 aromatic heterocycles. The van der Waals surface area contributed by atoms with Crippen LogP contribution in [-0.2, 0) is 5.41 Å². The van der Waals surface area contributed by atoms with Gasteiger partial charge in [-0.3, -0.25) is 0 Å². The summed E-state index contributed by atoms with van der Waals surface area (Å²) in [6.07, 6.45) is 13.5. The molecule has 0 N–H and O–H groups in total. The van der Waals surface area contributed by atoms with Gasteiger partial charge in [0.1, 0.15) is 0 Å². The van der Waals surface area contributed by atoms with Crippen molar-refractivity contribution in [2.75, 3.05) is 23.9 Å². The lowest BCUT2D eigenvalue weighted by atomic mass is 9.70. The van der Waals surface area contributed by atoms with E-state index in [1.807, 2.05) is 6.92 Å². The van der Waals surface area contributed by atoms with Gasteiger partial charge in [-0.1, -0.05) is 115 Å².